The smallest absolute Gasteiger partial charge is 0.264 e. The normalized spacial score (nSPS) is 11.4. The third-order valence-corrected chi connectivity index (χ3v) is 4.12. The molecule has 1 aromatic heterocycles. The van der Waals surface area contributed by atoms with E-state index >= 15 is 0 Å². The van der Waals surface area contributed by atoms with Crippen molar-refractivity contribution >= 4 is 21.4 Å². The molecule has 0 amide bonds. The summed E-state index contributed by atoms with van der Waals surface area (Å²) < 4.78 is 54.2. The molecule has 2 rings (SSSR count). The molecule has 0 radical (unpaired) electrons. The average molecular weight is 315 g/mol. The molecule has 112 valence electrons. The summed E-state index contributed by atoms with van der Waals surface area (Å²) in [7, 11) is -2.87. The van der Waals surface area contributed by atoms with Crippen LogP contribution in [-0.2, 0) is 17.1 Å². The Kier molecular flexibility index (Phi) is 3.69. The molecule has 3 N–H and O–H groups in total. The van der Waals surface area contributed by atoms with Gasteiger partial charge in [-0.2, -0.15) is 0 Å². The predicted molar refractivity (Wildman–Crippen MR) is 73.3 cm³/mol. The van der Waals surface area contributed by atoms with Gasteiger partial charge in [-0.05, 0) is 18.2 Å². The number of benzene rings is 1. The molecule has 0 fully saturated rings. The van der Waals surface area contributed by atoms with E-state index in [2.05, 4.69) is 4.72 Å². The van der Waals surface area contributed by atoms with Crippen LogP contribution in [0.15, 0.2) is 40.2 Å². The minimum absolute atomic E-state index is 0.0550. The minimum atomic E-state index is -4.30. The summed E-state index contributed by atoms with van der Waals surface area (Å²) >= 11 is 0. The number of sulfonamides is 1. The van der Waals surface area contributed by atoms with Crippen molar-refractivity contribution in [3.8, 4) is 0 Å². The maximum absolute atomic E-state index is 13.8. The number of nitrogen functional groups attached to an aromatic ring is 1. The lowest BCUT2D eigenvalue weighted by atomic mass is 10.3. The summed E-state index contributed by atoms with van der Waals surface area (Å²) in [5.41, 5.74) is 3.97. The fourth-order valence-corrected chi connectivity index (χ4v) is 2.76. The molecule has 0 spiro atoms. The zero-order valence-electron chi connectivity index (χ0n) is 10.8. The van der Waals surface area contributed by atoms with Gasteiger partial charge in [0, 0.05) is 19.3 Å². The van der Waals surface area contributed by atoms with Crippen LogP contribution in [0.2, 0.25) is 0 Å². The number of nitrogens with zero attached hydrogens (tertiary/aromatic N) is 1. The van der Waals surface area contributed by atoms with E-state index in [-0.39, 0.29) is 11.2 Å². The van der Waals surface area contributed by atoms with Crippen LogP contribution in [0.5, 0.6) is 0 Å². The summed E-state index contributed by atoms with van der Waals surface area (Å²) in [6, 6.07) is 3.90. The molecule has 0 aliphatic carbocycles. The first-order chi connectivity index (χ1) is 9.72. The Morgan fingerprint density at radius 3 is 2.48 bits per heavy atom. The van der Waals surface area contributed by atoms with Crippen LogP contribution >= 0.6 is 0 Å². The van der Waals surface area contributed by atoms with Gasteiger partial charge >= 0.3 is 0 Å². The van der Waals surface area contributed by atoms with Crippen LogP contribution in [0.25, 0.3) is 0 Å². The van der Waals surface area contributed by atoms with Gasteiger partial charge in [0.05, 0.1) is 5.69 Å². The first kappa shape index (κ1) is 15.0. The molecule has 21 heavy (non-hydrogen) atoms. The lowest BCUT2D eigenvalue weighted by Crippen LogP contribution is -2.19. The first-order valence-corrected chi connectivity index (χ1v) is 7.13. The molecule has 0 bridgehead atoms. The molecular weight excluding hydrogens is 304 g/mol. The Morgan fingerprint density at radius 2 is 1.86 bits per heavy atom. The fourth-order valence-electron chi connectivity index (χ4n) is 1.62. The molecule has 0 aliphatic rings. The van der Waals surface area contributed by atoms with Crippen molar-refractivity contribution in [1.82, 2.24) is 4.57 Å². The van der Waals surface area contributed by atoms with Crippen LogP contribution in [0.1, 0.15) is 0 Å². The van der Waals surface area contributed by atoms with E-state index in [4.69, 9.17) is 5.73 Å². The van der Waals surface area contributed by atoms with E-state index in [9.17, 15) is 22.0 Å². The van der Waals surface area contributed by atoms with E-state index in [0.29, 0.717) is 0 Å². The quantitative estimate of drug-likeness (QED) is 0.828. The number of hydrogen-bond donors (Lipinski definition) is 2. The molecule has 6 nitrogen and oxygen atoms in total. The van der Waals surface area contributed by atoms with Gasteiger partial charge in [0.25, 0.3) is 10.0 Å². The van der Waals surface area contributed by atoms with Crippen LogP contribution < -0.4 is 16.0 Å². The van der Waals surface area contributed by atoms with Crippen molar-refractivity contribution in [3.63, 3.8) is 0 Å². The summed E-state index contributed by atoms with van der Waals surface area (Å²) in [4.78, 5) is 10.4. The van der Waals surface area contributed by atoms with Crippen molar-refractivity contribution in [1.29, 1.82) is 0 Å². The standard InChI is InChI=1S/C12H11F2N3O3S/c1-17-6-7(2-5-10(17)18)16-21(19,20)9-4-3-8(13)12(15)11(9)14/h2-6,16H,15H2,1H3. The largest absolute Gasteiger partial charge is 0.394 e. The van der Waals surface area contributed by atoms with Crippen LogP contribution in [-0.4, -0.2) is 13.0 Å². The molecule has 0 aliphatic heterocycles. The van der Waals surface area contributed by atoms with Gasteiger partial charge in [-0.25, -0.2) is 17.2 Å². The Hall–Kier alpha value is -2.42. The van der Waals surface area contributed by atoms with Gasteiger partial charge in [0.1, 0.15) is 16.4 Å². The second-order valence-electron chi connectivity index (χ2n) is 4.25. The average Bonchev–Trinajstić information content (AvgIpc) is 2.39. The molecule has 0 saturated heterocycles. The van der Waals surface area contributed by atoms with Gasteiger partial charge in [-0.3, -0.25) is 9.52 Å². The Bertz CT molecular complexity index is 863. The number of halogens is 2. The zero-order valence-corrected chi connectivity index (χ0v) is 11.6. The first-order valence-electron chi connectivity index (χ1n) is 5.65. The number of aryl methyl sites for hydroxylation is 1. The van der Waals surface area contributed by atoms with Gasteiger partial charge in [-0.15, -0.1) is 0 Å². The highest BCUT2D eigenvalue weighted by Crippen LogP contribution is 2.24. The second-order valence-corrected chi connectivity index (χ2v) is 5.90. The van der Waals surface area contributed by atoms with Gasteiger partial charge < -0.3 is 10.3 Å². The number of anilines is 2. The summed E-state index contributed by atoms with van der Waals surface area (Å²) in [5, 5.41) is 0. The maximum Gasteiger partial charge on any atom is 0.264 e. The number of rotatable bonds is 3. The van der Waals surface area contributed by atoms with E-state index in [1.54, 1.807) is 0 Å². The van der Waals surface area contributed by atoms with Crippen molar-refractivity contribution in [2.24, 2.45) is 7.05 Å². The number of nitrogens with one attached hydrogen (secondary N) is 1. The van der Waals surface area contributed by atoms with Crippen LogP contribution in [0.4, 0.5) is 20.2 Å². The van der Waals surface area contributed by atoms with Gasteiger partial charge in [-0.1, -0.05) is 0 Å². The lowest BCUT2D eigenvalue weighted by Gasteiger charge is -2.10. The molecule has 0 atom stereocenters. The monoisotopic (exact) mass is 315 g/mol. The lowest BCUT2D eigenvalue weighted by molar-refractivity contribution is 0.557. The van der Waals surface area contributed by atoms with Crippen molar-refractivity contribution in [2.75, 3.05) is 10.5 Å². The number of aromatic nitrogens is 1. The molecule has 1 heterocycles. The molecule has 0 unspecified atom stereocenters. The number of pyridine rings is 1. The summed E-state index contributed by atoms with van der Waals surface area (Å²) in [6.07, 6.45) is 1.23. The van der Waals surface area contributed by atoms with Crippen molar-refractivity contribution in [3.05, 3.63) is 52.5 Å². The van der Waals surface area contributed by atoms with E-state index in [1.807, 2.05) is 0 Å². The van der Waals surface area contributed by atoms with E-state index in [1.165, 1.54) is 19.3 Å². The Morgan fingerprint density at radius 1 is 1.19 bits per heavy atom. The highest BCUT2D eigenvalue weighted by atomic mass is 32.2. The Balaban J connectivity index is 2.45. The number of hydrogen-bond acceptors (Lipinski definition) is 4. The number of nitrogens with two attached hydrogens (primary N) is 1. The van der Waals surface area contributed by atoms with E-state index in [0.717, 1.165) is 22.8 Å². The van der Waals surface area contributed by atoms with Crippen LogP contribution in [0, 0.1) is 11.6 Å². The molecule has 1 aromatic carbocycles. The zero-order chi connectivity index (χ0) is 15.8. The molecule has 9 heteroatoms. The van der Waals surface area contributed by atoms with Crippen molar-refractivity contribution < 1.29 is 17.2 Å². The Labute approximate surface area is 118 Å². The molecular formula is C12H11F2N3O3S. The predicted octanol–water partition coefficient (Wildman–Crippen LogP) is 1.05. The SMILES string of the molecule is Cn1cc(NS(=O)(=O)c2ccc(F)c(N)c2F)ccc1=O. The molecule has 2 aromatic rings. The van der Waals surface area contributed by atoms with E-state index < -0.39 is 32.2 Å². The third kappa shape index (κ3) is 2.87. The summed E-state index contributed by atoms with van der Waals surface area (Å²) in [5.74, 6) is -2.42. The van der Waals surface area contributed by atoms with Crippen LogP contribution in [0.3, 0.4) is 0 Å². The topological polar surface area (TPSA) is 94.2 Å². The highest BCUT2D eigenvalue weighted by molar-refractivity contribution is 7.92. The summed E-state index contributed by atoms with van der Waals surface area (Å²) in [6.45, 7) is 0. The second kappa shape index (κ2) is 5.17. The fraction of sp³-hybridized carbons (Fsp3) is 0.0833. The maximum atomic E-state index is 13.8. The molecule has 0 saturated carbocycles. The van der Waals surface area contributed by atoms with Crippen molar-refractivity contribution in [2.45, 2.75) is 4.90 Å². The van der Waals surface area contributed by atoms with Gasteiger partial charge in [0.2, 0.25) is 5.56 Å². The highest BCUT2D eigenvalue weighted by Gasteiger charge is 2.22. The van der Waals surface area contributed by atoms with Gasteiger partial charge in [0.15, 0.2) is 5.82 Å². The third-order valence-electron chi connectivity index (χ3n) is 2.72. The minimum Gasteiger partial charge on any atom is -0.394 e.